The van der Waals surface area contributed by atoms with Crippen LogP contribution in [0.4, 0.5) is 0 Å². The lowest BCUT2D eigenvalue weighted by Gasteiger charge is -2.11. The second-order valence-electron chi connectivity index (χ2n) is 7.30. The molecule has 5 rings (SSSR count). The highest BCUT2D eigenvalue weighted by atomic mass is 16.5. The summed E-state index contributed by atoms with van der Waals surface area (Å²) < 4.78 is 14.4. The highest BCUT2D eigenvalue weighted by molar-refractivity contribution is 5.88. The van der Waals surface area contributed by atoms with Gasteiger partial charge >= 0.3 is 0 Å². The minimum atomic E-state index is 0.565. The van der Waals surface area contributed by atoms with E-state index in [1.807, 2.05) is 48.5 Å². The highest BCUT2D eigenvalue weighted by Gasteiger charge is 2.08. The van der Waals surface area contributed by atoms with Crippen LogP contribution in [0, 0.1) is 0 Å². The van der Waals surface area contributed by atoms with Crippen molar-refractivity contribution in [3.05, 3.63) is 109 Å². The average molecular weight is 393 g/mol. The number of hydrogen-bond donors (Lipinski definition) is 0. The molecule has 0 aliphatic heterocycles. The summed E-state index contributed by atoms with van der Waals surface area (Å²) in [7, 11) is 0. The highest BCUT2D eigenvalue weighted by Crippen LogP contribution is 2.28. The van der Waals surface area contributed by atoms with Gasteiger partial charge in [-0.05, 0) is 35.2 Å². The first-order valence-electron chi connectivity index (χ1n) is 10.2. The predicted molar refractivity (Wildman–Crippen MR) is 122 cm³/mol. The summed E-state index contributed by atoms with van der Waals surface area (Å²) in [5.41, 5.74) is 2.32. The second-order valence-corrected chi connectivity index (χ2v) is 7.30. The molecule has 0 unspecified atom stereocenters. The topological polar surface area (TPSA) is 23.4 Å². The largest absolute Gasteiger partial charge is 0.491 e. The number of fused-ring (bicyclic) bond motifs is 2. The molecule has 0 spiro atoms. The van der Waals surface area contributed by atoms with Gasteiger partial charge in [-0.15, -0.1) is 0 Å². The lowest BCUT2D eigenvalue weighted by atomic mass is 10.1. The Balaban J connectivity index is 1.29. The Labute approximate surface area is 176 Å². The second kappa shape index (κ2) is 8.34. The van der Waals surface area contributed by atoms with Crippen molar-refractivity contribution in [2.75, 3.05) is 6.61 Å². The molecule has 148 valence electrons. The molecule has 1 aromatic heterocycles. The number of aromatic nitrogens is 1. The van der Waals surface area contributed by atoms with Crippen molar-refractivity contribution < 1.29 is 9.47 Å². The van der Waals surface area contributed by atoms with E-state index in [0.29, 0.717) is 13.2 Å². The quantitative estimate of drug-likeness (QED) is 0.317. The van der Waals surface area contributed by atoms with Crippen molar-refractivity contribution in [3.8, 4) is 11.5 Å². The van der Waals surface area contributed by atoms with E-state index in [-0.39, 0.29) is 0 Å². The van der Waals surface area contributed by atoms with Crippen LogP contribution in [0.2, 0.25) is 0 Å². The summed E-state index contributed by atoms with van der Waals surface area (Å²) in [4.78, 5) is 0. The van der Waals surface area contributed by atoms with Crippen LogP contribution >= 0.6 is 0 Å². The van der Waals surface area contributed by atoms with Gasteiger partial charge in [-0.2, -0.15) is 0 Å². The standard InChI is InChI=1S/C27H23NO2/c1-2-8-21(9-3-1)20-30-27-15-7-13-25-24(27)16-17-28(25)18-19-29-26-14-6-11-22-10-4-5-12-23(22)26/h1-17H,18-20H2. The molecular weight excluding hydrogens is 370 g/mol. The molecule has 4 aromatic carbocycles. The molecular formula is C27H23NO2. The molecule has 0 bridgehead atoms. The van der Waals surface area contributed by atoms with Gasteiger partial charge in [-0.25, -0.2) is 0 Å². The Morgan fingerprint density at radius 3 is 2.23 bits per heavy atom. The molecule has 0 fully saturated rings. The molecule has 0 saturated heterocycles. The van der Waals surface area contributed by atoms with Gasteiger partial charge in [0, 0.05) is 17.0 Å². The molecule has 3 nitrogen and oxygen atoms in total. The van der Waals surface area contributed by atoms with Crippen molar-refractivity contribution in [3.63, 3.8) is 0 Å². The number of ether oxygens (including phenoxy) is 2. The molecule has 0 N–H and O–H groups in total. The monoisotopic (exact) mass is 393 g/mol. The zero-order chi connectivity index (χ0) is 20.2. The Bertz CT molecular complexity index is 1270. The fourth-order valence-corrected chi connectivity index (χ4v) is 3.83. The van der Waals surface area contributed by atoms with Gasteiger partial charge in [0.05, 0.1) is 12.1 Å². The molecule has 0 aliphatic carbocycles. The summed E-state index contributed by atoms with van der Waals surface area (Å²) >= 11 is 0. The van der Waals surface area contributed by atoms with E-state index in [0.717, 1.165) is 39.9 Å². The molecule has 5 aromatic rings. The van der Waals surface area contributed by atoms with Crippen molar-refractivity contribution >= 4 is 21.7 Å². The lowest BCUT2D eigenvalue weighted by Crippen LogP contribution is -2.07. The minimum absolute atomic E-state index is 0.565. The van der Waals surface area contributed by atoms with E-state index in [4.69, 9.17) is 9.47 Å². The van der Waals surface area contributed by atoms with Crippen LogP contribution in [0.3, 0.4) is 0 Å². The zero-order valence-electron chi connectivity index (χ0n) is 16.7. The van der Waals surface area contributed by atoms with Crippen LogP contribution in [0.15, 0.2) is 103 Å². The summed E-state index contributed by atoms with van der Waals surface area (Å²) in [6.45, 7) is 1.94. The predicted octanol–water partition coefficient (Wildman–Crippen LogP) is 6.45. The summed E-state index contributed by atoms with van der Waals surface area (Å²) in [6.07, 6.45) is 2.10. The molecule has 0 atom stereocenters. The molecule has 3 heteroatoms. The molecule has 0 aliphatic rings. The Kier molecular flexibility index (Phi) is 5.09. The molecule has 0 amide bonds. The van der Waals surface area contributed by atoms with E-state index in [1.54, 1.807) is 0 Å². The maximum Gasteiger partial charge on any atom is 0.129 e. The Morgan fingerprint density at radius 1 is 0.600 bits per heavy atom. The van der Waals surface area contributed by atoms with Gasteiger partial charge < -0.3 is 14.0 Å². The van der Waals surface area contributed by atoms with E-state index in [2.05, 4.69) is 59.3 Å². The third-order valence-electron chi connectivity index (χ3n) is 5.35. The number of hydrogen-bond acceptors (Lipinski definition) is 2. The van der Waals surface area contributed by atoms with Crippen LogP contribution < -0.4 is 9.47 Å². The lowest BCUT2D eigenvalue weighted by molar-refractivity contribution is 0.303. The summed E-state index contributed by atoms with van der Waals surface area (Å²) in [5, 5.41) is 3.47. The van der Waals surface area contributed by atoms with Crippen LogP contribution in [-0.2, 0) is 13.2 Å². The number of rotatable bonds is 7. The fraction of sp³-hybridized carbons (Fsp3) is 0.111. The molecule has 0 radical (unpaired) electrons. The van der Waals surface area contributed by atoms with Crippen LogP contribution in [0.25, 0.3) is 21.7 Å². The Morgan fingerprint density at radius 2 is 1.33 bits per heavy atom. The van der Waals surface area contributed by atoms with Crippen molar-refractivity contribution in [2.24, 2.45) is 0 Å². The summed E-state index contributed by atoms with van der Waals surface area (Å²) in [5.74, 6) is 1.83. The van der Waals surface area contributed by atoms with Gasteiger partial charge in [0.1, 0.15) is 24.7 Å². The SMILES string of the molecule is c1ccc(COc2cccc3c2ccn3CCOc2cccc3ccccc23)cc1. The number of nitrogens with zero attached hydrogens (tertiary/aromatic N) is 1. The van der Waals surface area contributed by atoms with Crippen molar-refractivity contribution in [2.45, 2.75) is 13.2 Å². The minimum Gasteiger partial charge on any atom is -0.491 e. The van der Waals surface area contributed by atoms with Gasteiger partial charge in [0.25, 0.3) is 0 Å². The van der Waals surface area contributed by atoms with E-state index in [9.17, 15) is 0 Å². The molecule has 0 saturated carbocycles. The van der Waals surface area contributed by atoms with E-state index >= 15 is 0 Å². The van der Waals surface area contributed by atoms with Crippen LogP contribution in [0.1, 0.15) is 5.56 Å². The van der Waals surface area contributed by atoms with Gasteiger partial charge in [0.15, 0.2) is 0 Å². The first-order chi connectivity index (χ1) is 14.9. The van der Waals surface area contributed by atoms with E-state index < -0.39 is 0 Å². The third kappa shape index (κ3) is 3.74. The maximum absolute atomic E-state index is 6.13. The van der Waals surface area contributed by atoms with Gasteiger partial charge in [-0.3, -0.25) is 0 Å². The maximum atomic E-state index is 6.13. The summed E-state index contributed by atoms with van der Waals surface area (Å²) in [6, 6.07) is 33.1. The van der Waals surface area contributed by atoms with Gasteiger partial charge in [-0.1, -0.05) is 72.8 Å². The van der Waals surface area contributed by atoms with Crippen LogP contribution in [0.5, 0.6) is 11.5 Å². The fourth-order valence-electron chi connectivity index (χ4n) is 3.83. The van der Waals surface area contributed by atoms with E-state index in [1.165, 1.54) is 5.39 Å². The molecule has 30 heavy (non-hydrogen) atoms. The first kappa shape index (κ1) is 18.3. The number of benzene rings is 4. The molecule has 1 heterocycles. The smallest absolute Gasteiger partial charge is 0.129 e. The van der Waals surface area contributed by atoms with Crippen molar-refractivity contribution in [1.29, 1.82) is 0 Å². The van der Waals surface area contributed by atoms with Gasteiger partial charge in [0.2, 0.25) is 0 Å². The average Bonchev–Trinajstić information content (AvgIpc) is 3.22. The third-order valence-corrected chi connectivity index (χ3v) is 5.35. The normalized spacial score (nSPS) is 11.1. The zero-order valence-corrected chi connectivity index (χ0v) is 16.7. The Hall–Kier alpha value is -3.72. The first-order valence-corrected chi connectivity index (χ1v) is 10.2. The van der Waals surface area contributed by atoms with Crippen molar-refractivity contribution in [1.82, 2.24) is 4.57 Å². The van der Waals surface area contributed by atoms with Crippen LogP contribution in [-0.4, -0.2) is 11.2 Å².